The molecule has 1 heterocycles. The number of nitrogens with one attached hydrogen (secondary N) is 1. The van der Waals surface area contributed by atoms with Gasteiger partial charge in [0.05, 0.1) is 6.42 Å². The summed E-state index contributed by atoms with van der Waals surface area (Å²) < 4.78 is 1.52. The number of carbonyl (C=O) groups is 3. The fraction of sp³-hybridized carbons (Fsp3) is 0.400. The van der Waals surface area contributed by atoms with E-state index in [4.69, 9.17) is 10.2 Å². The summed E-state index contributed by atoms with van der Waals surface area (Å²) in [5.74, 6) is -3.18. The van der Waals surface area contributed by atoms with E-state index in [9.17, 15) is 14.4 Å². The standard InChI is InChI=1S/C10H13N3O5/c14-8(2-5-13-4-1-3-11-13)12-7(10(17)18)6-9(15)16/h1,3-4,7H,2,5-6H2,(H,12,14)(H,15,16)(H,17,18)/t7-/m1/s1. The number of hydrogen-bond acceptors (Lipinski definition) is 4. The summed E-state index contributed by atoms with van der Waals surface area (Å²) in [7, 11) is 0. The highest BCUT2D eigenvalue weighted by Gasteiger charge is 2.22. The first-order valence-electron chi connectivity index (χ1n) is 5.20. The number of aryl methyl sites for hydroxylation is 1. The van der Waals surface area contributed by atoms with E-state index in [-0.39, 0.29) is 6.42 Å². The van der Waals surface area contributed by atoms with Crippen LogP contribution >= 0.6 is 0 Å². The van der Waals surface area contributed by atoms with Crippen LogP contribution in [0.2, 0.25) is 0 Å². The average Bonchev–Trinajstić information content (AvgIpc) is 2.77. The van der Waals surface area contributed by atoms with Gasteiger partial charge in [-0.25, -0.2) is 4.79 Å². The fourth-order valence-corrected chi connectivity index (χ4v) is 1.29. The predicted molar refractivity (Wildman–Crippen MR) is 58.7 cm³/mol. The van der Waals surface area contributed by atoms with Gasteiger partial charge in [0.15, 0.2) is 0 Å². The molecule has 0 spiro atoms. The Balaban J connectivity index is 2.41. The number of amides is 1. The smallest absolute Gasteiger partial charge is 0.326 e. The fourth-order valence-electron chi connectivity index (χ4n) is 1.29. The number of nitrogens with zero attached hydrogens (tertiary/aromatic N) is 2. The van der Waals surface area contributed by atoms with E-state index in [2.05, 4.69) is 10.4 Å². The summed E-state index contributed by atoms with van der Waals surface area (Å²) in [6, 6.07) is 0.287. The SMILES string of the molecule is O=C(O)C[C@@H](NC(=O)CCn1cccn1)C(=O)O. The van der Waals surface area contributed by atoms with Crippen LogP contribution in [-0.4, -0.2) is 43.9 Å². The maximum Gasteiger partial charge on any atom is 0.326 e. The highest BCUT2D eigenvalue weighted by Crippen LogP contribution is 1.95. The van der Waals surface area contributed by atoms with Gasteiger partial charge in [-0.15, -0.1) is 0 Å². The minimum atomic E-state index is -1.41. The van der Waals surface area contributed by atoms with Crippen molar-refractivity contribution in [2.24, 2.45) is 0 Å². The van der Waals surface area contributed by atoms with E-state index in [0.29, 0.717) is 6.54 Å². The van der Waals surface area contributed by atoms with E-state index in [1.807, 2.05) is 0 Å². The molecule has 8 heteroatoms. The number of rotatable bonds is 7. The van der Waals surface area contributed by atoms with E-state index in [1.165, 1.54) is 4.68 Å². The number of carbonyl (C=O) groups excluding carboxylic acids is 1. The Bertz CT molecular complexity index is 429. The van der Waals surface area contributed by atoms with Crippen LogP contribution in [0.15, 0.2) is 18.5 Å². The van der Waals surface area contributed by atoms with E-state index >= 15 is 0 Å². The van der Waals surface area contributed by atoms with Gasteiger partial charge in [-0.1, -0.05) is 0 Å². The van der Waals surface area contributed by atoms with Crippen LogP contribution in [0.25, 0.3) is 0 Å². The second-order valence-corrected chi connectivity index (χ2v) is 3.58. The Morgan fingerprint density at radius 1 is 1.33 bits per heavy atom. The van der Waals surface area contributed by atoms with Crippen LogP contribution in [0.4, 0.5) is 0 Å². The number of aromatic nitrogens is 2. The Kier molecular flexibility index (Phi) is 4.85. The molecule has 1 aromatic rings. The maximum absolute atomic E-state index is 11.4. The van der Waals surface area contributed by atoms with Gasteiger partial charge in [0, 0.05) is 25.4 Å². The van der Waals surface area contributed by atoms with Gasteiger partial charge >= 0.3 is 11.9 Å². The number of carboxylic acids is 2. The molecular formula is C10H13N3O5. The normalized spacial score (nSPS) is 11.8. The van der Waals surface area contributed by atoms with Crippen LogP contribution in [-0.2, 0) is 20.9 Å². The molecule has 1 amide bonds. The Labute approximate surface area is 102 Å². The molecule has 0 saturated carbocycles. The molecular weight excluding hydrogens is 242 g/mol. The number of hydrogen-bond donors (Lipinski definition) is 3. The lowest BCUT2D eigenvalue weighted by atomic mass is 10.2. The van der Waals surface area contributed by atoms with Gasteiger partial charge in [-0.2, -0.15) is 5.10 Å². The van der Waals surface area contributed by atoms with Crippen molar-refractivity contribution in [2.75, 3.05) is 0 Å². The van der Waals surface area contributed by atoms with E-state index < -0.39 is 30.3 Å². The van der Waals surface area contributed by atoms with Gasteiger partial charge < -0.3 is 15.5 Å². The summed E-state index contributed by atoms with van der Waals surface area (Å²) in [4.78, 5) is 32.5. The quantitative estimate of drug-likeness (QED) is 0.593. The Morgan fingerprint density at radius 2 is 2.06 bits per heavy atom. The summed E-state index contributed by atoms with van der Waals surface area (Å²) in [5, 5.41) is 23.3. The van der Waals surface area contributed by atoms with Gasteiger partial charge in [-0.05, 0) is 6.07 Å². The highest BCUT2D eigenvalue weighted by molar-refractivity contribution is 5.86. The van der Waals surface area contributed by atoms with Crippen LogP contribution in [0.5, 0.6) is 0 Å². The summed E-state index contributed by atoms with van der Waals surface area (Å²) >= 11 is 0. The minimum absolute atomic E-state index is 0.0328. The number of carboxylic acid groups (broad SMARTS) is 2. The third kappa shape index (κ3) is 4.64. The molecule has 0 bridgehead atoms. The first-order chi connectivity index (χ1) is 8.49. The van der Waals surface area contributed by atoms with Crippen molar-refractivity contribution in [1.82, 2.24) is 15.1 Å². The third-order valence-corrected chi connectivity index (χ3v) is 2.14. The van der Waals surface area contributed by atoms with Gasteiger partial charge in [0.1, 0.15) is 6.04 Å². The molecule has 1 rings (SSSR count). The molecule has 0 fully saturated rings. The van der Waals surface area contributed by atoms with Crippen LogP contribution in [0.1, 0.15) is 12.8 Å². The molecule has 0 aromatic carbocycles. The first kappa shape index (κ1) is 13.7. The average molecular weight is 255 g/mol. The van der Waals surface area contributed by atoms with Crippen molar-refractivity contribution in [2.45, 2.75) is 25.4 Å². The zero-order chi connectivity index (χ0) is 13.5. The van der Waals surface area contributed by atoms with Crippen LogP contribution < -0.4 is 5.32 Å². The molecule has 0 unspecified atom stereocenters. The molecule has 0 saturated heterocycles. The lowest BCUT2D eigenvalue weighted by molar-refractivity contribution is -0.147. The third-order valence-electron chi connectivity index (χ3n) is 2.14. The van der Waals surface area contributed by atoms with Crippen molar-refractivity contribution in [1.29, 1.82) is 0 Å². The van der Waals surface area contributed by atoms with Crippen molar-refractivity contribution in [3.05, 3.63) is 18.5 Å². The predicted octanol–water partition coefficient (Wildman–Crippen LogP) is -0.683. The van der Waals surface area contributed by atoms with E-state index in [0.717, 1.165) is 0 Å². The molecule has 98 valence electrons. The number of aliphatic carboxylic acids is 2. The lowest BCUT2D eigenvalue weighted by Crippen LogP contribution is -2.42. The molecule has 18 heavy (non-hydrogen) atoms. The second-order valence-electron chi connectivity index (χ2n) is 3.58. The van der Waals surface area contributed by atoms with Crippen molar-refractivity contribution >= 4 is 17.8 Å². The van der Waals surface area contributed by atoms with Gasteiger partial charge in [-0.3, -0.25) is 14.3 Å². The summed E-state index contributed by atoms with van der Waals surface area (Å²) in [6.45, 7) is 0.304. The zero-order valence-electron chi connectivity index (χ0n) is 9.44. The molecule has 0 aliphatic heterocycles. The molecule has 1 atom stereocenters. The Morgan fingerprint density at radius 3 is 2.56 bits per heavy atom. The zero-order valence-corrected chi connectivity index (χ0v) is 9.44. The molecule has 0 aliphatic carbocycles. The monoisotopic (exact) mass is 255 g/mol. The minimum Gasteiger partial charge on any atom is -0.481 e. The highest BCUT2D eigenvalue weighted by atomic mass is 16.4. The van der Waals surface area contributed by atoms with Gasteiger partial charge in [0.25, 0.3) is 0 Å². The van der Waals surface area contributed by atoms with Crippen LogP contribution in [0.3, 0.4) is 0 Å². The topological polar surface area (TPSA) is 122 Å². The maximum atomic E-state index is 11.4. The Hall–Kier alpha value is -2.38. The van der Waals surface area contributed by atoms with Crippen LogP contribution in [0, 0.1) is 0 Å². The van der Waals surface area contributed by atoms with Crippen molar-refractivity contribution in [3.8, 4) is 0 Å². The van der Waals surface area contributed by atoms with Crippen molar-refractivity contribution < 1.29 is 24.6 Å². The van der Waals surface area contributed by atoms with Crippen molar-refractivity contribution in [3.63, 3.8) is 0 Å². The first-order valence-corrected chi connectivity index (χ1v) is 5.20. The largest absolute Gasteiger partial charge is 0.481 e. The molecule has 8 nitrogen and oxygen atoms in total. The lowest BCUT2D eigenvalue weighted by Gasteiger charge is -2.12. The molecule has 3 N–H and O–H groups in total. The van der Waals surface area contributed by atoms with E-state index in [1.54, 1.807) is 18.5 Å². The van der Waals surface area contributed by atoms with Gasteiger partial charge in [0.2, 0.25) is 5.91 Å². The summed E-state index contributed by atoms with van der Waals surface area (Å²) in [6.07, 6.45) is 2.61. The second kappa shape index (κ2) is 6.38. The summed E-state index contributed by atoms with van der Waals surface area (Å²) in [5.41, 5.74) is 0. The molecule has 0 aliphatic rings. The molecule has 1 aromatic heterocycles. The molecule has 0 radical (unpaired) electrons.